The van der Waals surface area contributed by atoms with Crippen LogP contribution in [0.3, 0.4) is 0 Å². The van der Waals surface area contributed by atoms with Crippen LogP contribution in [0.4, 0.5) is 0 Å². The summed E-state index contributed by atoms with van der Waals surface area (Å²) in [7, 11) is -3.55. The van der Waals surface area contributed by atoms with E-state index in [2.05, 4.69) is 5.32 Å². The Balaban J connectivity index is 1.76. The lowest BCUT2D eigenvalue weighted by Gasteiger charge is -2.16. The summed E-state index contributed by atoms with van der Waals surface area (Å²) >= 11 is 0. The van der Waals surface area contributed by atoms with E-state index in [0.717, 1.165) is 12.8 Å². The van der Waals surface area contributed by atoms with Crippen molar-refractivity contribution in [1.29, 1.82) is 0 Å². The number of benzene rings is 2. The van der Waals surface area contributed by atoms with Crippen molar-refractivity contribution >= 4 is 21.9 Å². The molecule has 0 bridgehead atoms. The topological polar surface area (TPSA) is 104 Å². The highest BCUT2D eigenvalue weighted by atomic mass is 32.2. The van der Waals surface area contributed by atoms with E-state index in [9.17, 15) is 23.1 Å². The van der Waals surface area contributed by atoms with E-state index in [0.29, 0.717) is 18.7 Å². The standard InChI is InChI=1S/C19H20N2O5S/c22-18(20-17(19(23)24)14-6-2-1-3-7-14)15-8-10-16(11-9-15)27(25,26)21-12-4-5-13-21/h1-3,6-11,17H,4-5,12-13H2,(H,20,22)(H,23,24). The maximum absolute atomic E-state index is 12.5. The Morgan fingerprint density at radius 3 is 2.11 bits per heavy atom. The molecule has 0 radical (unpaired) electrons. The van der Waals surface area contributed by atoms with Gasteiger partial charge in [0.1, 0.15) is 0 Å². The molecule has 1 heterocycles. The Kier molecular flexibility index (Phi) is 5.57. The molecule has 0 aromatic heterocycles. The first-order chi connectivity index (χ1) is 12.9. The number of hydrogen-bond acceptors (Lipinski definition) is 4. The third-order valence-corrected chi connectivity index (χ3v) is 6.39. The highest BCUT2D eigenvalue weighted by molar-refractivity contribution is 7.89. The minimum atomic E-state index is -3.55. The first-order valence-electron chi connectivity index (χ1n) is 8.58. The van der Waals surface area contributed by atoms with E-state index < -0.39 is 27.9 Å². The van der Waals surface area contributed by atoms with Gasteiger partial charge in [-0.2, -0.15) is 4.31 Å². The van der Waals surface area contributed by atoms with Crippen molar-refractivity contribution < 1.29 is 23.1 Å². The number of nitrogens with one attached hydrogen (secondary N) is 1. The SMILES string of the molecule is O=C(NC(C(=O)O)c1ccccc1)c1ccc(S(=O)(=O)N2CCCC2)cc1. The Morgan fingerprint density at radius 2 is 1.56 bits per heavy atom. The summed E-state index contributed by atoms with van der Waals surface area (Å²) in [5.74, 6) is -1.76. The van der Waals surface area contributed by atoms with Gasteiger partial charge in [-0.1, -0.05) is 30.3 Å². The molecule has 2 aromatic rings. The molecule has 0 saturated carbocycles. The summed E-state index contributed by atoms with van der Waals surface area (Å²) in [6.07, 6.45) is 1.69. The number of hydrogen-bond donors (Lipinski definition) is 2. The molecule has 27 heavy (non-hydrogen) atoms. The van der Waals surface area contributed by atoms with Gasteiger partial charge in [0.05, 0.1) is 4.90 Å². The minimum Gasteiger partial charge on any atom is -0.479 e. The highest BCUT2D eigenvalue weighted by Gasteiger charge is 2.27. The van der Waals surface area contributed by atoms with Crippen molar-refractivity contribution in [3.05, 3.63) is 65.7 Å². The normalized spacial score (nSPS) is 16.0. The monoisotopic (exact) mass is 388 g/mol. The smallest absolute Gasteiger partial charge is 0.330 e. The summed E-state index contributed by atoms with van der Waals surface area (Å²) in [6.45, 7) is 1.00. The van der Waals surface area contributed by atoms with Gasteiger partial charge in [0.2, 0.25) is 10.0 Å². The average Bonchev–Trinajstić information content (AvgIpc) is 3.22. The number of rotatable bonds is 6. The van der Waals surface area contributed by atoms with Gasteiger partial charge in [0.25, 0.3) is 5.91 Å². The van der Waals surface area contributed by atoms with Gasteiger partial charge >= 0.3 is 5.97 Å². The third kappa shape index (κ3) is 4.17. The van der Waals surface area contributed by atoms with Crippen LogP contribution in [0.5, 0.6) is 0 Å². The number of nitrogens with zero attached hydrogens (tertiary/aromatic N) is 1. The molecule has 2 aromatic carbocycles. The molecule has 2 N–H and O–H groups in total. The Hall–Kier alpha value is -2.71. The van der Waals surface area contributed by atoms with Gasteiger partial charge in [-0.25, -0.2) is 13.2 Å². The second kappa shape index (κ2) is 7.89. The maximum Gasteiger partial charge on any atom is 0.330 e. The van der Waals surface area contributed by atoms with Crippen LogP contribution in [0.2, 0.25) is 0 Å². The fraction of sp³-hybridized carbons (Fsp3) is 0.263. The van der Waals surface area contributed by atoms with Gasteiger partial charge in [-0.05, 0) is 42.7 Å². The maximum atomic E-state index is 12.5. The zero-order chi connectivity index (χ0) is 19.4. The van der Waals surface area contributed by atoms with Gasteiger partial charge in [0, 0.05) is 18.7 Å². The number of carbonyl (C=O) groups is 2. The Labute approximate surface area is 157 Å². The predicted molar refractivity (Wildman–Crippen MR) is 98.7 cm³/mol. The predicted octanol–water partition coefficient (Wildman–Crippen LogP) is 2.03. The number of carbonyl (C=O) groups excluding carboxylic acids is 1. The van der Waals surface area contributed by atoms with Gasteiger partial charge < -0.3 is 10.4 Å². The van der Waals surface area contributed by atoms with Crippen LogP contribution in [-0.4, -0.2) is 42.8 Å². The molecule has 1 fully saturated rings. The molecule has 1 unspecified atom stereocenters. The molecular weight excluding hydrogens is 368 g/mol. The highest BCUT2D eigenvalue weighted by Crippen LogP contribution is 2.21. The minimum absolute atomic E-state index is 0.124. The molecule has 0 aliphatic carbocycles. The number of carboxylic acid groups (broad SMARTS) is 1. The molecule has 0 spiro atoms. The van der Waals surface area contributed by atoms with Crippen molar-refractivity contribution in [1.82, 2.24) is 9.62 Å². The summed E-state index contributed by atoms with van der Waals surface area (Å²) in [6, 6.07) is 12.7. The molecule has 3 rings (SSSR count). The second-order valence-corrected chi connectivity index (χ2v) is 8.23. The van der Waals surface area contributed by atoms with Crippen LogP contribution in [0.1, 0.15) is 34.8 Å². The van der Waals surface area contributed by atoms with E-state index in [1.807, 2.05) is 0 Å². The van der Waals surface area contributed by atoms with Crippen molar-refractivity contribution in [2.75, 3.05) is 13.1 Å². The summed E-state index contributed by atoms with van der Waals surface area (Å²) < 4.78 is 26.5. The third-order valence-electron chi connectivity index (χ3n) is 4.47. The van der Waals surface area contributed by atoms with E-state index in [1.54, 1.807) is 30.3 Å². The van der Waals surface area contributed by atoms with E-state index in [4.69, 9.17) is 0 Å². The number of carboxylic acids is 1. The zero-order valence-corrected chi connectivity index (χ0v) is 15.4. The molecule has 1 saturated heterocycles. The van der Waals surface area contributed by atoms with Crippen LogP contribution in [-0.2, 0) is 14.8 Å². The fourth-order valence-electron chi connectivity index (χ4n) is 3.00. The van der Waals surface area contributed by atoms with Crippen LogP contribution in [0.15, 0.2) is 59.5 Å². The van der Waals surface area contributed by atoms with Crippen molar-refractivity contribution in [3.8, 4) is 0 Å². The summed E-state index contributed by atoms with van der Waals surface area (Å²) in [5, 5.41) is 11.9. The van der Waals surface area contributed by atoms with Gasteiger partial charge in [-0.15, -0.1) is 0 Å². The molecule has 7 nitrogen and oxygen atoms in total. The summed E-state index contributed by atoms with van der Waals surface area (Å²) in [4.78, 5) is 24.0. The van der Waals surface area contributed by atoms with E-state index in [1.165, 1.54) is 28.6 Å². The van der Waals surface area contributed by atoms with E-state index in [-0.39, 0.29) is 10.5 Å². The molecule has 142 valence electrons. The second-order valence-electron chi connectivity index (χ2n) is 6.29. The molecular formula is C19H20N2O5S. The van der Waals surface area contributed by atoms with Crippen LogP contribution < -0.4 is 5.32 Å². The Morgan fingerprint density at radius 1 is 0.963 bits per heavy atom. The Bertz CT molecular complexity index is 920. The van der Waals surface area contributed by atoms with Crippen LogP contribution in [0, 0.1) is 0 Å². The first-order valence-corrected chi connectivity index (χ1v) is 10.0. The lowest BCUT2D eigenvalue weighted by Crippen LogP contribution is -2.33. The van der Waals surface area contributed by atoms with Gasteiger partial charge in [-0.3, -0.25) is 4.79 Å². The molecule has 1 amide bonds. The summed E-state index contributed by atoms with van der Waals surface area (Å²) in [5.41, 5.74) is 0.643. The lowest BCUT2D eigenvalue weighted by molar-refractivity contribution is -0.139. The fourth-order valence-corrected chi connectivity index (χ4v) is 4.52. The molecule has 1 atom stereocenters. The number of sulfonamides is 1. The zero-order valence-electron chi connectivity index (χ0n) is 14.5. The van der Waals surface area contributed by atoms with Gasteiger partial charge in [0.15, 0.2) is 6.04 Å². The van der Waals surface area contributed by atoms with Crippen LogP contribution in [0.25, 0.3) is 0 Å². The average molecular weight is 388 g/mol. The lowest BCUT2D eigenvalue weighted by atomic mass is 10.1. The quantitative estimate of drug-likeness (QED) is 0.788. The number of aliphatic carboxylic acids is 1. The largest absolute Gasteiger partial charge is 0.479 e. The van der Waals surface area contributed by atoms with Crippen molar-refractivity contribution in [2.45, 2.75) is 23.8 Å². The molecule has 8 heteroatoms. The van der Waals surface area contributed by atoms with E-state index >= 15 is 0 Å². The molecule has 1 aliphatic rings. The van der Waals surface area contributed by atoms with Crippen molar-refractivity contribution in [3.63, 3.8) is 0 Å². The molecule has 1 aliphatic heterocycles. The first kappa shape index (κ1) is 19.1. The van der Waals surface area contributed by atoms with Crippen molar-refractivity contribution in [2.24, 2.45) is 0 Å². The number of amides is 1. The van der Waals surface area contributed by atoms with Crippen LogP contribution >= 0.6 is 0 Å².